The minimum absolute atomic E-state index is 0.467. The van der Waals surface area contributed by atoms with Gasteiger partial charge in [0, 0.05) is 23.7 Å². The molecule has 2 aromatic heterocycles. The summed E-state index contributed by atoms with van der Waals surface area (Å²) in [5.74, 6) is 1.15. The van der Waals surface area contributed by atoms with E-state index in [-0.39, 0.29) is 0 Å². The summed E-state index contributed by atoms with van der Waals surface area (Å²) in [6, 6.07) is 7.63. The number of rotatable bonds is 3. The Morgan fingerprint density at radius 3 is 2.52 bits per heavy atom. The van der Waals surface area contributed by atoms with Gasteiger partial charge in [0.15, 0.2) is 5.82 Å². The predicted octanol–water partition coefficient (Wildman–Crippen LogP) is 3.94. The summed E-state index contributed by atoms with van der Waals surface area (Å²) in [7, 11) is 0. The largest absolute Gasteiger partial charge is 0.253 e. The van der Waals surface area contributed by atoms with Crippen LogP contribution in [0.2, 0.25) is 5.15 Å². The van der Waals surface area contributed by atoms with Crippen molar-refractivity contribution in [1.29, 1.82) is 0 Å². The molecular weight excluding hydrogens is 284 g/mol. The van der Waals surface area contributed by atoms with Gasteiger partial charge in [-0.2, -0.15) is 0 Å². The Morgan fingerprint density at radius 2 is 1.76 bits per heavy atom. The molecule has 0 spiro atoms. The molecule has 0 radical (unpaired) electrons. The molecule has 0 aliphatic carbocycles. The molecule has 0 saturated carbocycles. The van der Waals surface area contributed by atoms with Crippen LogP contribution in [0.1, 0.15) is 19.5 Å². The van der Waals surface area contributed by atoms with Crippen molar-refractivity contribution in [3.05, 3.63) is 47.5 Å². The standard InChI is InChI=1S/C16H15ClN4/c1-10(2)7-12-9-15(17)21-16(20-12)11-3-4-13-14(8-11)19-6-5-18-13/h3-6,8-10H,7H2,1-2H3. The van der Waals surface area contributed by atoms with Crippen LogP contribution in [0.4, 0.5) is 0 Å². The van der Waals surface area contributed by atoms with Crippen molar-refractivity contribution in [3.8, 4) is 11.4 Å². The molecule has 3 aromatic rings. The molecule has 0 atom stereocenters. The monoisotopic (exact) mass is 298 g/mol. The van der Waals surface area contributed by atoms with E-state index >= 15 is 0 Å². The highest BCUT2D eigenvalue weighted by molar-refractivity contribution is 6.29. The second-order valence-corrected chi connectivity index (χ2v) is 5.75. The van der Waals surface area contributed by atoms with Crippen LogP contribution in [0.5, 0.6) is 0 Å². The summed E-state index contributed by atoms with van der Waals surface area (Å²) in [5.41, 5.74) is 3.53. The molecule has 2 heterocycles. The zero-order valence-electron chi connectivity index (χ0n) is 11.9. The van der Waals surface area contributed by atoms with Crippen molar-refractivity contribution in [3.63, 3.8) is 0 Å². The van der Waals surface area contributed by atoms with Crippen molar-refractivity contribution in [2.24, 2.45) is 5.92 Å². The quantitative estimate of drug-likeness (QED) is 0.687. The van der Waals surface area contributed by atoms with E-state index in [0.29, 0.717) is 16.9 Å². The van der Waals surface area contributed by atoms with Gasteiger partial charge in [-0.1, -0.05) is 25.4 Å². The molecule has 0 amide bonds. The molecule has 0 saturated heterocycles. The second-order valence-electron chi connectivity index (χ2n) is 5.36. The maximum atomic E-state index is 6.12. The number of aromatic nitrogens is 4. The number of hydrogen-bond donors (Lipinski definition) is 0. The van der Waals surface area contributed by atoms with Gasteiger partial charge in [-0.3, -0.25) is 9.97 Å². The first kappa shape index (κ1) is 13.9. The Kier molecular flexibility index (Phi) is 3.80. The van der Waals surface area contributed by atoms with Crippen molar-refractivity contribution in [2.45, 2.75) is 20.3 Å². The molecule has 106 valence electrons. The lowest BCUT2D eigenvalue weighted by atomic mass is 10.1. The molecule has 5 heteroatoms. The highest BCUT2D eigenvalue weighted by atomic mass is 35.5. The molecule has 0 unspecified atom stereocenters. The third-order valence-electron chi connectivity index (χ3n) is 3.09. The Labute approximate surface area is 128 Å². The molecule has 1 aromatic carbocycles. The molecule has 21 heavy (non-hydrogen) atoms. The second kappa shape index (κ2) is 5.74. The van der Waals surface area contributed by atoms with Crippen molar-refractivity contribution in [2.75, 3.05) is 0 Å². The van der Waals surface area contributed by atoms with E-state index in [1.165, 1.54) is 0 Å². The number of benzene rings is 1. The average Bonchev–Trinajstić information content (AvgIpc) is 2.45. The van der Waals surface area contributed by atoms with Crippen LogP contribution in [0.15, 0.2) is 36.7 Å². The van der Waals surface area contributed by atoms with E-state index in [1.54, 1.807) is 12.4 Å². The lowest BCUT2D eigenvalue weighted by molar-refractivity contribution is 0.634. The molecule has 4 nitrogen and oxygen atoms in total. The first-order valence-corrected chi connectivity index (χ1v) is 7.24. The lowest BCUT2D eigenvalue weighted by Gasteiger charge is -2.07. The minimum Gasteiger partial charge on any atom is -0.253 e. The molecule has 0 N–H and O–H groups in total. The van der Waals surface area contributed by atoms with E-state index in [9.17, 15) is 0 Å². The van der Waals surface area contributed by atoms with Crippen LogP contribution in [-0.4, -0.2) is 19.9 Å². The lowest BCUT2D eigenvalue weighted by Crippen LogP contribution is -2.00. The molecule has 0 fully saturated rings. The summed E-state index contributed by atoms with van der Waals surface area (Å²) in [4.78, 5) is 17.5. The van der Waals surface area contributed by atoms with Gasteiger partial charge in [0.2, 0.25) is 0 Å². The van der Waals surface area contributed by atoms with Crippen LogP contribution in [0, 0.1) is 5.92 Å². The van der Waals surface area contributed by atoms with E-state index in [0.717, 1.165) is 28.7 Å². The summed E-state index contributed by atoms with van der Waals surface area (Å²) < 4.78 is 0. The van der Waals surface area contributed by atoms with Crippen LogP contribution < -0.4 is 0 Å². The fourth-order valence-corrected chi connectivity index (χ4v) is 2.42. The maximum absolute atomic E-state index is 6.12. The summed E-state index contributed by atoms with van der Waals surface area (Å²) in [6.45, 7) is 4.31. The zero-order chi connectivity index (χ0) is 14.8. The minimum atomic E-state index is 0.467. The van der Waals surface area contributed by atoms with Crippen molar-refractivity contribution < 1.29 is 0 Å². The topological polar surface area (TPSA) is 51.6 Å². The third kappa shape index (κ3) is 3.16. The van der Waals surface area contributed by atoms with Gasteiger partial charge >= 0.3 is 0 Å². The Hall–Kier alpha value is -2.07. The number of hydrogen-bond acceptors (Lipinski definition) is 4. The molecule has 0 aliphatic rings. The highest BCUT2D eigenvalue weighted by Gasteiger charge is 2.08. The van der Waals surface area contributed by atoms with Gasteiger partial charge in [-0.05, 0) is 36.6 Å². The number of nitrogens with zero attached hydrogens (tertiary/aromatic N) is 4. The van der Waals surface area contributed by atoms with Gasteiger partial charge in [0.05, 0.1) is 11.0 Å². The number of halogens is 1. The van der Waals surface area contributed by atoms with Gasteiger partial charge in [0.1, 0.15) is 5.15 Å². The van der Waals surface area contributed by atoms with Gasteiger partial charge < -0.3 is 0 Å². The fourth-order valence-electron chi connectivity index (χ4n) is 2.22. The molecule has 0 bridgehead atoms. The van der Waals surface area contributed by atoms with Crippen molar-refractivity contribution in [1.82, 2.24) is 19.9 Å². The third-order valence-corrected chi connectivity index (χ3v) is 3.29. The van der Waals surface area contributed by atoms with Crippen LogP contribution in [0.25, 0.3) is 22.4 Å². The average molecular weight is 299 g/mol. The van der Waals surface area contributed by atoms with Crippen LogP contribution in [-0.2, 0) is 6.42 Å². The number of fused-ring (bicyclic) bond motifs is 1. The summed E-state index contributed by atoms with van der Waals surface area (Å²) >= 11 is 6.12. The van der Waals surface area contributed by atoms with Crippen LogP contribution in [0.3, 0.4) is 0 Å². The van der Waals surface area contributed by atoms with Gasteiger partial charge in [-0.15, -0.1) is 0 Å². The summed E-state index contributed by atoms with van der Waals surface area (Å²) in [5, 5.41) is 0.467. The van der Waals surface area contributed by atoms with Crippen LogP contribution >= 0.6 is 11.6 Å². The van der Waals surface area contributed by atoms with Crippen molar-refractivity contribution >= 4 is 22.6 Å². The van der Waals surface area contributed by atoms with E-state index in [1.807, 2.05) is 24.3 Å². The first-order valence-electron chi connectivity index (χ1n) is 6.86. The van der Waals surface area contributed by atoms with Gasteiger partial charge in [-0.25, -0.2) is 9.97 Å². The smallest absolute Gasteiger partial charge is 0.161 e. The first-order chi connectivity index (χ1) is 10.1. The zero-order valence-corrected chi connectivity index (χ0v) is 12.7. The SMILES string of the molecule is CC(C)Cc1cc(Cl)nc(-c2ccc3nccnc3c2)n1. The molecule has 3 rings (SSSR count). The maximum Gasteiger partial charge on any atom is 0.161 e. The molecular formula is C16H15ClN4. The highest BCUT2D eigenvalue weighted by Crippen LogP contribution is 2.22. The normalized spacial score (nSPS) is 11.2. The Bertz CT molecular complexity index is 786. The Balaban J connectivity index is 2.06. The fraction of sp³-hybridized carbons (Fsp3) is 0.250. The van der Waals surface area contributed by atoms with Gasteiger partial charge in [0.25, 0.3) is 0 Å². The summed E-state index contributed by atoms with van der Waals surface area (Å²) in [6.07, 6.45) is 4.23. The van der Waals surface area contributed by atoms with E-state index < -0.39 is 0 Å². The Morgan fingerprint density at radius 1 is 1.00 bits per heavy atom. The van der Waals surface area contributed by atoms with E-state index in [4.69, 9.17) is 11.6 Å². The predicted molar refractivity (Wildman–Crippen MR) is 84.1 cm³/mol. The van der Waals surface area contributed by atoms with E-state index in [2.05, 4.69) is 33.8 Å². The molecule has 0 aliphatic heterocycles.